The van der Waals surface area contributed by atoms with Gasteiger partial charge in [-0.05, 0) is 104 Å². The van der Waals surface area contributed by atoms with Crippen molar-refractivity contribution < 1.29 is 9.53 Å². The van der Waals surface area contributed by atoms with Gasteiger partial charge in [0.1, 0.15) is 10.6 Å². The Morgan fingerprint density at radius 2 is 1.34 bits per heavy atom. The number of hydrogen-bond donors (Lipinski definition) is 1. The minimum Gasteiger partial charge on any atom is -0.422 e. The van der Waals surface area contributed by atoms with Crippen molar-refractivity contribution in [2.45, 2.75) is 21.6 Å². The lowest BCUT2D eigenvalue weighted by atomic mass is 10.3. The number of ether oxygens (including phenoxy) is 1. The fourth-order valence-corrected chi connectivity index (χ4v) is 7.25. The summed E-state index contributed by atoms with van der Waals surface area (Å²) in [4.78, 5) is 17.0. The molecule has 0 bridgehead atoms. The Labute approximate surface area is 191 Å². The van der Waals surface area contributed by atoms with Crippen molar-refractivity contribution in [3.05, 3.63) is 104 Å². The van der Waals surface area contributed by atoms with Gasteiger partial charge in [0.05, 0.1) is 2.88 Å². The van der Waals surface area contributed by atoms with Gasteiger partial charge in [0.15, 0.2) is 0 Å². The van der Waals surface area contributed by atoms with Gasteiger partial charge in [-0.15, -0.1) is 11.3 Å². The van der Waals surface area contributed by atoms with Crippen LogP contribution in [-0.4, -0.2) is 5.97 Å². The van der Waals surface area contributed by atoms with E-state index in [-0.39, 0.29) is 5.97 Å². The maximum atomic E-state index is 12.5. The van der Waals surface area contributed by atoms with Crippen molar-refractivity contribution in [1.29, 1.82) is 0 Å². The summed E-state index contributed by atoms with van der Waals surface area (Å²) in [5.41, 5.74) is 0.956. The summed E-state index contributed by atoms with van der Waals surface area (Å²) >= 11 is 3.69. The lowest BCUT2D eigenvalue weighted by Gasteiger charge is -2.23. The Morgan fingerprint density at radius 3 is 1.83 bits per heavy atom. The number of carbonyl (C=O) groups is 1. The molecule has 0 saturated heterocycles. The molecule has 0 saturated carbocycles. The molecule has 0 fully saturated rings. The molecule has 1 heterocycles. The van der Waals surface area contributed by atoms with E-state index in [9.17, 15) is 4.79 Å². The van der Waals surface area contributed by atoms with Crippen LogP contribution in [-0.2, 0) is 0 Å². The van der Waals surface area contributed by atoms with Crippen LogP contribution in [0.2, 0.25) is 0 Å². The largest absolute Gasteiger partial charge is 0.422 e. The van der Waals surface area contributed by atoms with Crippen LogP contribution in [0, 0.1) is 9.81 Å². The lowest BCUT2D eigenvalue weighted by molar-refractivity contribution is 0.0739. The second kappa shape index (κ2) is 9.15. The predicted molar refractivity (Wildman–Crippen MR) is 130 cm³/mol. The number of hydrogen-bond acceptors (Lipinski definition) is 3. The van der Waals surface area contributed by atoms with E-state index in [1.807, 2.05) is 37.3 Å². The zero-order chi connectivity index (χ0) is 20.2. The molecule has 0 aliphatic rings. The number of thiophene rings is 1. The van der Waals surface area contributed by atoms with E-state index < -0.39 is 10.9 Å². The first-order valence-corrected chi connectivity index (χ1v) is 12.3. The Balaban J connectivity index is 1.61. The van der Waals surface area contributed by atoms with Crippen LogP contribution < -0.4 is 4.74 Å². The van der Waals surface area contributed by atoms with E-state index in [1.165, 1.54) is 26.0 Å². The van der Waals surface area contributed by atoms with E-state index in [1.54, 1.807) is 0 Å². The van der Waals surface area contributed by atoms with Crippen LogP contribution in [0.15, 0.2) is 106 Å². The highest BCUT2D eigenvalue weighted by molar-refractivity contribution is 14.1. The third-order valence-corrected chi connectivity index (χ3v) is 8.83. The van der Waals surface area contributed by atoms with Gasteiger partial charge in [-0.2, -0.15) is 10.9 Å². The van der Waals surface area contributed by atoms with E-state index in [0.29, 0.717) is 10.6 Å². The van der Waals surface area contributed by atoms with Crippen molar-refractivity contribution in [2.75, 3.05) is 0 Å². The monoisotopic (exact) mass is 530 g/mol. The molecule has 1 aromatic heterocycles. The number of aryl methyl sites for hydroxylation is 1. The molecular weight excluding hydrogens is 511 g/mol. The minimum absolute atomic E-state index is 0.295. The number of thiol groups is 1. The molecule has 0 aliphatic heterocycles. The van der Waals surface area contributed by atoms with Gasteiger partial charge < -0.3 is 4.74 Å². The van der Waals surface area contributed by atoms with E-state index in [4.69, 9.17) is 4.74 Å². The van der Waals surface area contributed by atoms with Crippen LogP contribution in [0.25, 0.3) is 0 Å². The van der Waals surface area contributed by atoms with E-state index in [2.05, 4.69) is 83.3 Å². The van der Waals surface area contributed by atoms with Gasteiger partial charge in [-0.25, -0.2) is 4.79 Å². The summed E-state index contributed by atoms with van der Waals surface area (Å²) in [6, 6.07) is 31.0. The molecular formula is C24H19IO2S2. The Hall–Kier alpha value is -2.09. The van der Waals surface area contributed by atoms with Crippen molar-refractivity contribution in [2.24, 2.45) is 0 Å². The topological polar surface area (TPSA) is 26.3 Å². The van der Waals surface area contributed by atoms with Crippen molar-refractivity contribution in [3.8, 4) is 5.75 Å². The van der Waals surface area contributed by atoms with Gasteiger partial charge >= 0.3 is 5.97 Å². The van der Waals surface area contributed by atoms with Crippen LogP contribution >= 0.6 is 44.8 Å². The number of halogens is 1. The van der Waals surface area contributed by atoms with Crippen molar-refractivity contribution in [1.82, 2.24) is 0 Å². The first kappa shape index (κ1) is 20.2. The zero-order valence-electron chi connectivity index (χ0n) is 15.7. The van der Waals surface area contributed by atoms with Gasteiger partial charge in [-0.3, -0.25) is 0 Å². The third kappa shape index (κ3) is 4.74. The summed E-state index contributed by atoms with van der Waals surface area (Å²) in [5, 5.41) is 0. The van der Waals surface area contributed by atoms with Crippen LogP contribution in [0.1, 0.15) is 15.2 Å². The van der Waals surface area contributed by atoms with Gasteiger partial charge in [-0.1, -0.05) is 36.4 Å². The maximum absolute atomic E-state index is 12.5. The van der Waals surface area contributed by atoms with Gasteiger partial charge in [0, 0.05) is 0 Å². The highest BCUT2D eigenvalue weighted by Gasteiger charge is 2.16. The van der Waals surface area contributed by atoms with Crippen LogP contribution in [0.5, 0.6) is 5.75 Å². The lowest BCUT2D eigenvalue weighted by Crippen LogP contribution is -2.07. The minimum atomic E-state index is -0.664. The fraction of sp³-hybridized carbons (Fsp3) is 0.0417. The van der Waals surface area contributed by atoms with Crippen LogP contribution in [0.4, 0.5) is 0 Å². The van der Waals surface area contributed by atoms with Crippen molar-refractivity contribution in [3.63, 3.8) is 0 Å². The molecule has 29 heavy (non-hydrogen) atoms. The Bertz CT molecular complexity index is 1070. The summed E-state index contributed by atoms with van der Waals surface area (Å²) in [5.74, 6) is 0.272. The predicted octanol–water partition coefficient (Wildman–Crippen LogP) is 7.36. The van der Waals surface area contributed by atoms with Crippen LogP contribution in [0.3, 0.4) is 0 Å². The maximum Gasteiger partial charge on any atom is 0.354 e. The summed E-state index contributed by atoms with van der Waals surface area (Å²) < 4.78 is 6.70. The first-order chi connectivity index (χ1) is 14.1. The first-order valence-electron chi connectivity index (χ1n) is 9.10. The second-order valence-corrected chi connectivity index (χ2v) is 11.6. The molecule has 3 aromatic carbocycles. The molecule has 0 aliphatic carbocycles. The molecule has 2 nitrogen and oxygen atoms in total. The molecule has 0 atom stereocenters. The second-order valence-electron chi connectivity index (χ2n) is 6.45. The molecule has 5 heteroatoms. The van der Waals surface area contributed by atoms with Gasteiger partial charge in [0.2, 0.25) is 0 Å². The number of esters is 1. The van der Waals surface area contributed by atoms with Gasteiger partial charge in [0.25, 0.3) is 0 Å². The summed E-state index contributed by atoms with van der Waals surface area (Å²) in [6.07, 6.45) is 0. The normalized spacial score (nSPS) is 11.2. The standard InChI is InChI=1S/C24H19IO2S2/c1-17-16-22(25)28-23(17)24(26)27-18-12-14-21(15-13-18)29(19-8-4-2-5-9-19)20-10-6-3-7-11-20/h2-16,29H,1H3. The number of carbonyl (C=O) groups excluding carboxylic acids is 1. The quantitative estimate of drug-likeness (QED) is 0.126. The zero-order valence-corrected chi connectivity index (χ0v) is 19.6. The Morgan fingerprint density at radius 1 is 0.828 bits per heavy atom. The molecule has 4 aromatic rings. The highest BCUT2D eigenvalue weighted by Crippen LogP contribution is 2.51. The smallest absolute Gasteiger partial charge is 0.354 e. The molecule has 0 spiro atoms. The SMILES string of the molecule is Cc1cc(I)sc1C(=O)Oc1ccc([SH](c2ccccc2)c2ccccc2)cc1. The third-order valence-electron chi connectivity index (χ3n) is 4.41. The average molecular weight is 530 g/mol. The Kier molecular flexibility index (Phi) is 6.37. The van der Waals surface area contributed by atoms with E-state index in [0.717, 1.165) is 8.45 Å². The molecule has 0 amide bonds. The average Bonchev–Trinajstić information content (AvgIpc) is 3.09. The molecule has 0 N–H and O–H groups in total. The highest BCUT2D eigenvalue weighted by atomic mass is 127. The number of benzene rings is 3. The summed E-state index contributed by atoms with van der Waals surface area (Å²) in [7, 11) is -0.664. The number of rotatable bonds is 5. The fourth-order valence-electron chi connectivity index (χ4n) is 3.06. The molecule has 4 rings (SSSR count). The molecule has 0 unspecified atom stereocenters. The summed E-state index contributed by atoms with van der Waals surface area (Å²) in [6.45, 7) is 1.94. The van der Waals surface area contributed by atoms with Crippen molar-refractivity contribution >= 4 is 50.8 Å². The molecule has 0 radical (unpaired) electrons. The molecule has 146 valence electrons. The van der Waals surface area contributed by atoms with E-state index >= 15 is 0 Å².